The number of benzene rings is 2. The van der Waals surface area contributed by atoms with Crippen molar-refractivity contribution in [2.75, 3.05) is 31.3 Å². The lowest BCUT2D eigenvalue weighted by Crippen LogP contribution is -2.30. The monoisotopic (exact) mass is 419 g/mol. The molecule has 0 fully saturated rings. The van der Waals surface area contributed by atoms with Crippen LogP contribution in [0, 0.1) is 0 Å². The summed E-state index contributed by atoms with van der Waals surface area (Å²) in [4.78, 5) is 25.5. The van der Waals surface area contributed by atoms with Gasteiger partial charge in [0.2, 0.25) is 11.8 Å². The van der Waals surface area contributed by atoms with Gasteiger partial charge in [-0.3, -0.25) is 14.5 Å². The number of nitrogens with zero attached hydrogens (tertiary/aromatic N) is 1. The second-order valence-corrected chi connectivity index (χ2v) is 6.86. The maximum Gasteiger partial charge on any atom is 0.238 e. The van der Waals surface area contributed by atoms with Crippen molar-refractivity contribution in [3.63, 3.8) is 0 Å². The molecule has 2 N–H and O–H groups in total. The molecule has 0 aliphatic rings. The standard InChI is InChI=1S/C19H22BrN3O3/c1-13(24)21-16-8-9-18(26-3)17(10-16)22-19(25)12-23(2)11-14-4-6-15(20)7-5-14/h4-10H,11-12H2,1-3H3,(H,21,24)(H,22,25). The molecular formula is C19H22BrN3O3. The van der Waals surface area contributed by atoms with Gasteiger partial charge in [0.25, 0.3) is 0 Å². The molecule has 0 bridgehead atoms. The number of anilines is 2. The van der Waals surface area contributed by atoms with Crippen LogP contribution in [0.5, 0.6) is 5.75 Å². The molecule has 2 aromatic rings. The molecule has 0 saturated carbocycles. The third kappa shape index (κ3) is 6.16. The fourth-order valence-electron chi connectivity index (χ4n) is 2.48. The van der Waals surface area contributed by atoms with E-state index >= 15 is 0 Å². The first kappa shape index (κ1) is 19.9. The predicted molar refractivity (Wildman–Crippen MR) is 106 cm³/mol. The Morgan fingerprint density at radius 2 is 1.81 bits per heavy atom. The Balaban J connectivity index is 1.99. The van der Waals surface area contributed by atoms with Gasteiger partial charge in [0.1, 0.15) is 5.75 Å². The van der Waals surface area contributed by atoms with E-state index in [-0.39, 0.29) is 18.4 Å². The van der Waals surface area contributed by atoms with Gasteiger partial charge in [-0.2, -0.15) is 0 Å². The highest BCUT2D eigenvalue weighted by Crippen LogP contribution is 2.27. The Morgan fingerprint density at radius 3 is 2.42 bits per heavy atom. The molecule has 0 spiro atoms. The van der Waals surface area contributed by atoms with E-state index in [1.54, 1.807) is 18.2 Å². The van der Waals surface area contributed by atoms with Crippen molar-refractivity contribution in [2.45, 2.75) is 13.5 Å². The molecule has 0 aliphatic heterocycles. The van der Waals surface area contributed by atoms with Crippen molar-refractivity contribution in [1.82, 2.24) is 4.90 Å². The fourth-order valence-corrected chi connectivity index (χ4v) is 2.74. The van der Waals surface area contributed by atoms with Crippen LogP contribution in [-0.4, -0.2) is 37.4 Å². The molecule has 2 amide bonds. The SMILES string of the molecule is COc1ccc(NC(C)=O)cc1NC(=O)CN(C)Cc1ccc(Br)cc1. The summed E-state index contributed by atoms with van der Waals surface area (Å²) in [5.74, 6) is 0.188. The first-order valence-electron chi connectivity index (χ1n) is 8.06. The molecule has 0 saturated heterocycles. The highest BCUT2D eigenvalue weighted by Gasteiger charge is 2.12. The van der Waals surface area contributed by atoms with Gasteiger partial charge in [-0.15, -0.1) is 0 Å². The molecule has 6 nitrogen and oxygen atoms in total. The maximum atomic E-state index is 12.4. The lowest BCUT2D eigenvalue weighted by Gasteiger charge is -2.17. The summed E-state index contributed by atoms with van der Waals surface area (Å²) < 4.78 is 6.29. The molecule has 0 heterocycles. The minimum absolute atomic E-state index is 0.164. The summed E-state index contributed by atoms with van der Waals surface area (Å²) in [5, 5.41) is 5.52. The predicted octanol–water partition coefficient (Wildman–Crippen LogP) is 3.49. The van der Waals surface area contributed by atoms with E-state index in [1.807, 2.05) is 36.2 Å². The van der Waals surface area contributed by atoms with E-state index in [9.17, 15) is 9.59 Å². The summed E-state index contributed by atoms with van der Waals surface area (Å²) in [5.41, 5.74) is 2.23. The van der Waals surface area contributed by atoms with Crippen molar-refractivity contribution in [3.8, 4) is 5.75 Å². The number of halogens is 1. The average molecular weight is 420 g/mol. The van der Waals surface area contributed by atoms with Gasteiger partial charge in [0, 0.05) is 23.6 Å². The molecule has 2 rings (SSSR count). The minimum atomic E-state index is -0.179. The van der Waals surface area contributed by atoms with Crippen molar-refractivity contribution >= 4 is 39.1 Å². The van der Waals surface area contributed by atoms with E-state index in [4.69, 9.17) is 4.74 Å². The number of carbonyl (C=O) groups excluding carboxylic acids is 2. The summed E-state index contributed by atoms with van der Waals surface area (Å²) in [6, 6.07) is 13.1. The number of carbonyl (C=O) groups is 2. The Morgan fingerprint density at radius 1 is 1.12 bits per heavy atom. The number of likely N-dealkylation sites (N-methyl/N-ethyl adjacent to an activating group) is 1. The number of methoxy groups -OCH3 is 1. The molecular weight excluding hydrogens is 398 g/mol. The van der Waals surface area contributed by atoms with Crippen LogP contribution in [0.4, 0.5) is 11.4 Å². The zero-order valence-electron chi connectivity index (χ0n) is 15.0. The molecule has 0 atom stereocenters. The third-order valence-corrected chi connectivity index (χ3v) is 4.10. The van der Waals surface area contributed by atoms with Crippen LogP contribution in [0.25, 0.3) is 0 Å². The lowest BCUT2D eigenvalue weighted by atomic mass is 10.2. The van der Waals surface area contributed by atoms with E-state index in [0.29, 0.717) is 23.7 Å². The van der Waals surface area contributed by atoms with Gasteiger partial charge < -0.3 is 15.4 Å². The number of hydrogen-bond acceptors (Lipinski definition) is 4. The van der Waals surface area contributed by atoms with Crippen LogP contribution in [0.2, 0.25) is 0 Å². The van der Waals surface area contributed by atoms with E-state index < -0.39 is 0 Å². The topological polar surface area (TPSA) is 70.7 Å². The Labute approximate surface area is 161 Å². The number of amides is 2. The van der Waals surface area contributed by atoms with Crippen molar-refractivity contribution in [2.24, 2.45) is 0 Å². The Bertz CT molecular complexity index is 778. The van der Waals surface area contributed by atoms with Crippen LogP contribution in [-0.2, 0) is 16.1 Å². The van der Waals surface area contributed by atoms with Crippen molar-refractivity contribution < 1.29 is 14.3 Å². The van der Waals surface area contributed by atoms with E-state index in [1.165, 1.54) is 14.0 Å². The van der Waals surface area contributed by atoms with Gasteiger partial charge in [0.05, 0.1) is 19.3 Å². The van der Waals surface area contributed by atoms with Crippen LogP contribution >= 0.6 is 15.9 Å². The quantitative estimate of drug-likeness (QED) is 0.720. The Hall–Kier alpha value is -2.38. The van der Waals surface area contributed by atoms with Crippen molar-refractivity contribution in [1.29, 1.82) is 0 Å². The number of hydrogen-bond donors (Lipinski definition) is 2. The summed E-state index contributed by atoms with van der Waals surface area (Å²) in [7, 11) is 3.41. The van der Waals surface area contributed by atoms with E-state index in [0.717, 1.165) is 10.0 Å². The van der Waals surface area contributed by atoms with Crippen LogP contribution in [0.15, 0.2) is 46.9 Å². The van der Waals surface area contributed by atoms with Crippen LogP contribution in [0.3, 0.4) is 0 Å². The molecule has 0 unspecified atom stereocenters. The highest BCUT2D eigenvalue weighted by atomic mass is 79.9. The summed E-state index contributed by atoms with van der Waals surface area (Å²) in [6.07, 6.45) is 0. The molecule has 0 aliphatic carbocycles. The lowest BCUT2D eigenvalue weighted by molar-refractivity contribution is -0.117. The molecule has 7 heteroatoms. The van der Waals surface area contributed by atoms with Gasteiger partial charge in [-0.05, 0) is 42.9 Å². The second-order valence-electron chi connectivity index (χ2n) is 5.94. The molecule has 138 valence electrons. The highest BCUT2D eigenvalue weighted by molar-refractivity contribution is 9.10. The minimum Gasteiger partial charge on any atom is -0.495 e. The largest absolute Gasteiger partial charge is 0.495 e. The smallest absolute Gasteiger partial charge is 0.238 e. The van der Waals surface area contributed by atoms with Crippen LogP contribution in [0.1, 0.15) is 12.5 Å². The number of nitrogens with one attached hydrogen (secondary N) is 2. The van der Waals surface area contributed by atoms with Crippen LogP contribution < -0.4 is 15.4 Å². The zero-order chi connectivity index (χ0) is 19.1. The number of ether oxygens (including phenoxy) is 1. The number of rotatable bonds is 7. The first-order chi connectivity index (χ1) is 12.4. The molecule has 26 heavy (non-hydrogen) atoms. The average Bonchev–Trinajstić information content (AvgIpc) is 2.56. The van der Waals surface area contributed by atoms with Crippen molar-refractivity contribution in [3.05, 3.63) is 52.5 Å². The fraction of sp³-hybridized carbons (Fsp3) is 0.263. The summed E-state index contributed by atoms with van der Waals surface area (Å²) in [6.45, 7) is 2.31. The van der Waals surface area contributed by atoms with Gasteiger partial charge in [-0.25, -0.2) is 0 Å². The first-order valence-corrected chi connectivity index (χ1v) is 8.85. The molecule has 0 aromatic heterocycles. The Kier molecular flexibility index (Phi) is 7.17. The molecule has 2 aromatic carbocycles. The van der Waals surface area contributed by atoms with Gasteiger partial charge in [0.15, 0.2) is 0 Å². The summed E-state index contributed by atoms with van der Waals surface area (Å²) >= 11 is 3.41. The normalized spacial score (nSPS) is 10.5. The maximum absolute atomic E-state index is 12.4. The molecule has 0 radical (unpaired) electrons. The van der Waals surface area contributed by atoms with Gasteiger partial charge >= 0.3 is 0 Å². The zero-order valence-corrected chi connectivity index (χ0v) is 16.6. The third-order valence-electron chi connectivity index (χ3n) is 3.57. The van der Waals surface area contributed by atoms with E-state index in [2.05, 4.69) is 26.6 Å². The second kappa shape index (κ2) is 9.35. The van der Waals surface area contributed by atoms with Gasteiger partial charge in [-0.1, -0.05) is 28.1 Å².